The molecule has 7 heteroatoms. The maximum absolute atomic E-state index is 13.7. The lowest BCUT2D eigenvalue weighted by molar-refractivity contribution is -0.135. The van der Waals surface area contributed by atoms with Crippen LogP contribution in [-0.4, -0.2) is 63.8 Å². The summed E-state index contributed by atoms with van der Waals surface area (Å²) in [6.07, 6.45) is 5.61. The monoisotopic (exact) mass is 564 g/mol. The Hall–Kier alpha value is -2.93. The van der Waals surface area contributed by atoms with Crippen LogP contribution in [0.3, 0.4) is 0 Å². The molecular formula is C34H48N2O5. The van der Waals surface area contributed by atoms with Crippen molar-refractivity contribution in [3.8, 4) is 23.0 Å². The zero-order valence-corrected chi connectivity index (χ0v) is 26.0. The molecule has 224 valence electrons. The van der Waals surface area contributed by atoms with E-state index in [1.165, 1.54) is 22.3 Å². The number of ether oxygens (including phenoxy) is 4. The standard InChI is InChI=1S/C34H48N2O5/c1-8-22-20-35-11-9-23-16-30(38-4)32(40-6)18-26(23)28(35)14-25(22)15-29-27-19-33(41-7)31(39-5)17-24(27)10-12-36(29)34(37)13-21(2)3/h16-19,21-22,25,28-29H,8-15,20H2,1-7H3/t22-,25+,28-,29+/m0/s1. The minimum absolute atomic E-state index is 0.0314. The molecule has 1 saturated heterocycles. The Labute approximate surface area is 246 Å². The molecule has 0 spiro atoms. The van der Waals surface area contributed by atoms with Gasteiger partial charge >= 0.3 is 0 Å². The van der Waals surface area contributed by atoms with Crippen LogP contribution in [0.1, 0.15) is 80.8 Å². The van der Waals surface area contributed by atoms with E-state index in [0.717, 1.165) is 74.7 Å². The number of carbonyl (C=O) groups is 1. The fraction of sp³-hybridized carbons (Fsp3) is 0.618. The molecule has 0 N–H and O–H groups in total. The predicted octanol–water partition coefficient (Wildman–Crippen LogP) is 6.23. The highest BCUT2D eigenvalue weighted by molar-refractivity contribution is 5.77. The average Bonchev–Trinajstić information content (AvgIpc) is 2.98. The number of fused-ring (bicyclic) bond motifs is 4. The van der Waals surface area contributed by atoms with E-state index in [0.29, 0.717) is 30.2 Å². The van der Waals surface area contributed by atoms with Crippen molar-refractivity contribution in [2.45, 2.75) is 71.4 Å². The third kappa shape index (κ3) is 5.75. The van der Waals surface area contributed by atoms with Gasteiger partial charge in [0.1, 0.15) is 0 Å². The van der Waals surface area contributed by atoms with Gasteiger partial charge in [-0.1, -0.05) is 27.2 Å². The molecule has 0 unspecified atom stereocenters. The maximum atomic E-state index is 13.7. The van der Waals surface area contributed by atoms with Gasteiger partial charge in [0.15, 0.2) is 23.0 Å². The molecule has 5 rings (SSSR count). The van der Waals surface area contributed by atoms with E-state index in [-0.39, 0.29) is 11.9 Å². The first kappa shape index (κ1) is 29.6. The van der Waals surface area contributed by atoms with Crippen molar-refractivity contribution in [2.24, 2.45) is 17.8 Å². The average molecular weight is 565 g/mol. The number of amides is 1. The van der Waals surface area contributed by atoms with Gasteiger partial charge in [0, 0.05) is 32.1 Å². The summed E-state index contributed by atoms with van der Waals surface area (Å²) < 4.78 is 22.7. The van der Waals surface area contributed by atoms with Crippen molar-refractivity contribution in [1.29, 1.82) is 0 Å². The fourth-order valence-corrected chi connectivity index (χ4v) is 7.59. The lowest BCUT2D eigenvalue weighted by atomic mass is 9.72. The second-order valence-corrected chi connectivity index (χ2v) is 12.4. The van der Waals surface area contributed by atoms with Crippen LogP contribution in [0.25, 0.3) is 0 Å². The van der Waals surface area contributed by atoms with Crippen molar-refractivity contribution in [3.63, 3.8) is 0 Å². The zero-order chi connectivity index (χ0) is 29.3. The van der Waals surface area contributed by atoms with Crippen LogP contribution in [0.4, 0.5) is 0 Å². The van der Waals surface area contributed by atoms with Gasteiger partial charge in [-0.15, -0.1) is 0 Å². The molecule has 2 aromatic carbocycles. The third-order valence-corrected chi connectivity index (χ3v) is 9.73. The Bertz CT molecular complexity index is 1240. The van der Waals surface area contributed by atoms with E-state index in [4.69, 9.17) is 18.9 Å². The molecule has 3 aliphatic heterocycles. The normalized spacial score (nSPS) is 23.9. The molecule has 0 aromatic heterocycles. The van der Waals surface area contributed by atoms with E-state index < -0.39 is 0 Å². The molecule has 3 aliphatic rings. The first-order valence-corrected chi connectivity index (χ1v) is 15.3. The van der Waals surface area contributed by atoms with Gasteiger partial charge in [0.25, 0.3) is 0 Å². The largest absolute Gasteiger partial charge is 0.493 e. The third-order valence-electron chi connectivity index (χ3n) is 9.73. The van der Waals surface area contributed by atoms with Crippen molar-refractivity contribution in [1.82, 2.24) is 9.80 Å². The highest BCUT2D eigenvalue weighted by Gasteiger charge is 2.42. The number of piperidine rings is 1. The lowest BCUT2D eigenvalue weighted by Gasteiger charge is -2.49. The van der Waals surface area contributed by atoms with Gasteiger partial charge in [-0.3, -0.25) is 9.69 Å². The quantitative estimate of drug-likeness (QED) is 0.360. The highest BCUT2D eigenvalue weighted by atomic mass is 16.5. The van der Waals surface area contributed by atoms with Crippen LogP contribution < -0.4 is 18.9 Å². The molecule has 0 aliphatic carbocycles. The topological polar surface area (TPSA) is 60.5 Å². The number of hydrogen-bond acceptors (Lipinski definition) is 6. The van der Waals surface area contributed by atoms with Crippen LogP contribution in [-0.2, 0) is 17.6 Å². The summed E-state index contributed by atoms with van der Waals surface area (Å²) >= 11 is 0. The lowest BCUT2D eigenvalue weighted by Crippen LogP contribution is -2.47. The van der Waals surface area contributed by atoms with Gasteiger partial charge in [0.05, 0.1) is 34.5 Å². The van der Waals surface area contributed by atoms with Crippen LogP contribution in [0.5, 0.6) is 23.0 Å². The highest BCUT2D eigenvalue weighted by Crippen LogP contribution is 2.49. The first-order chi connectivity index (χ1) is 19.8. The molecule has 0 saturated carbocycles. The van der Waals surface area contributed by atoms with Crippen molar-refractivity contribution in [2.75, 3.05) is 48.1 Å². The molecular weight excluding hydrogens is 516 g/mol. The van der Waals surface area contributed by atoms with Crippen LogP contribution >= 0.6 is 0 Å². The van der Waals surface area contributed by atoms with Gasteiger partial charge in [-0.05, 0) is 90.0 Å². The second kappa shape index (κ2) is 12.5. The fourth-order valence-electron chi connectivity index (χ4n) is 7.59. The van der Waals surface area contributed by atoms with Crippen molar-refractivity contribution >= 4 is 5.91 Å². The summed E-state index contributed by atoms with van der Waals surface area (Å²) in [4.78, 5) is 18.5. The molecule has 41 heavy (non-hydrogen) atoms. The molecule has 0 radical (unpaired) electrons. The summed E-state index contributed by atoms with van der Waals surface area (Å²) in [6.45, 7) is 9.49. The first-order valence-electron chi connectivity index (χ1n) is 15.3. The number of methoxy groups -OCH3 is 4. The molecule has 4 atom stereocenters. The minimum Gasteiger partial charge on any atom is -0.493 e. The van der Waals surface area contributed by atoms with Gasteiger partial charge in [-0.25, -0.2) is 0 Å². The number of benzene rings is 2. The van der Waals surface area contributed by atoms with E-state index in [1.54, 1.807) is 28.4 Å². The van der Waals surface area contributed by atoms with Crippen molar-refractivity contribution < 1.29 is 23.7 Å². The SMILES string of the molecule is CC[C@H]1CN2CCc3cc(OC)c(OC)cc3[C@@H]2C[C@@H]1C[C@@H]1c2cc(OC)c(OC)cc2CCN1C(=O)CC(C)C. The Morgan fingerprint density at radius 1 is 0.829 bits per heavy atom. The summed E-state index contributed by atoms with van der Waals surface area (Å²) in [5.41, 5.74) is 5.23. The van der Waals surface area contributed by atoms with Crippen LogP contribution in [0.15, 0.2) is 24.3 Å². The van der Waals surface area contributed by atoms with Gasteiger partial charge in [0.2, 0.25) is 5.91 Å². The number of carbonyl (C=O) groups excluding carboxylic acids is 1. The maximum Gasteiger partial charge on any atom is 0.223 e. The molecule has 3 heterocycles. The Balaban J connectivity index is 1.51. The summed E-state index contributed by atoms with van der Waals surface area (Å²) in [5.74, 6) is 4.76. The Kier molecular flexibility index (Phi) is 9.03. The Morgan fingerprint density at radius 2 is 1.39 bits per heavy atom. The smallest absolute Gasteiger partial charge is 0.223 e. The van der Waals surface area contributed by atoms with Crippen molar-refractivity contribution in [3.05, 3.63) is 46.5 Å². The zero-order valence-electron chi connectivity index (χ0n) is 26.0. The molecule has 1 fully saturated rings. The van der Waals surface area contributed by atoms with Gasteiger partial charge in [-0.2, -0.15) is 0 Å². The van der Waals surface area contributed by atoms with Crippen LogP contribution in [0, 0.1) is 17.8 Å². The van der Waals surface area contributed by atoms with E-state index in [2.05, 4.69) is 54.8 Å². The predicted molar refractivity (Wildman–Crippen MR) is 161 cm³/mol. The number of nitrogens with zero attached hydrogens (tertiary/aromatic N) is 2. The van der Waals surface area contributed by atoms with Gasteiger partial charge < -0.3 is 23.8 Å². The summed E-state index contributed by atoms with van der Waals surface area (Å²) in [7, 11) is 6.81. The molecule has 7 nitrogen and oxygen atoms in total. The summed E-state index contributed by atoms with van der Waals surface area (Å²) in [6, 6.07) is 9.03. The molecule has 2 aromatic rings. The van der Waals surface area contributed by atoms with E-state index >= 15 is 0 Å². The summed E-state index contributed by atoms with van der Waals surface area (Å²) in [5, 5.41) is 0. The number of rotatable bonds is 9. The van der Waals surface area contributed by atoms with E-state index in [1.807, 2.05) is 0 Å². The van der Waals surface area contributed by atoms with E-state index in [9.17, 15) is 4.79 Å². The second-order valence-electron chi connectivity index (χ2n) is 12.4. The molecule has 0 bridgehead atoms. The minimum atomic E-state index is 0.0314. The Morgan fingerprint density at radius 3 is 1.98 bits per heavy atom. The molecule has 1 amide bonds. The number of hydrogen-bond donors (Lipinski definition) is 0. The van der Waals surface area contributed by atoms with Crippen LogP contribution in [0.2, 0.25) is 0 Å².